The SMILES string of the molecule is CCC1CC(=O)N(CC(=O)O)N1c1ccccc1. The number of carboxylic acid groups (broad SMARTS) is 1. The van der Waals surface area contributed by atoms with Crippen LogP contribution in [0.25, 0.3) is 0 Å². The number of para-hydroxylation sites is 1. The van der Waals surface area contributed by atoms with Crippen molar-refractivity contribution in [2.75, 3.05) is 11.6 Å². The second kappa shape index (κ2) is 5.08. The van der Waals surface area contributed by atoms with E-state index in [1.807, 2.05) is 37.3 Å². The van der Waals surface area contributed by atoms with Crippen LogP contribution in [0.1, 0.15) is 19.8 Å². The summed E-state index contributed by atoms with van der Waals surface area (Å²) in [4.78, 5) is 22.7. The number of carboxylic acids is 1. The van der Waals surface area contributed by atoms with Crippen molar-refractivity contribution in [1.29, 1.82) is 0 Å². The molecule has 1 aromatic carbocycles. The minimum atomic E-state index is -0.999. The second-order valence-electron chi connectivity index (χ2n) is 4.29. The van der Waals surface area contributed by atoms with Gasteiger partial charge in [0.2, 0.25) is 5.91 Å². The Bertz CT molecular complexity index is 447. The summed E-state index contributed by atoms with van der Waals surface area (Å²) in [6.07, 6.45) is 1.18. The molecule has 0 spiro atoms. The summed E-state index contributed by atoms with van der Waals surface area (Å²) in [5, 5.41) is 12.0. The number of hydrazine groups is 1. The quantitative estimate of drug-likeness (QED) is 0.877. The fraction of sp³-hybridized carbons (Fsp3) is 0.385. The van der Waals surface area contributed by atoms with Gasteiger partial charge in [0.15, 0.2) is 0 Å². The van der Waals surface area contributed by atoms with Gasteiger partial charge in [-0.05, 0) is 18.6 Å². The van der Waals surface area contributed by atoms with Crippen LogP contribution in [0.15, 0.2) is 30.3 Å². The van der Waals surface area contributed by atoms with E-state index in [0.717, 1.165) is 12.1 Å². The summed E-state index contributed by atoms with van der Waals surface area (Å²) in [5.74, 6) is -1.13. The van der Waals surface area contributed by atoms with Gasteiger partial charge in [-0.2, -0.15) is 0 Å². The number of anilines is 1. The highest BCUT2D eigenvalue weighted by Gasteiger charge is 2.37. The van der Waals surface area contributed by atoms with Crippen LogP contribution in [0.3, 0.4) is 0 Å². The zero-order valence-electron chi connectivity index (χ0n) is 10.2. The lowest BCUT2D eigenvalue weighted by Gasteiger charge is -2.32. The molecule has 1 atom stereocenters. The van der Waals surface area contributed by atoms with Crippen LogP contribution in [-0.4, -0.2) is 34.6 Å². The van der Waals surface area contributed by atoms with Crippen LogP contribution in [-0.2, 0) is 9.59 Å². The van der Waals surface area contributed by atoms with Crippen molar-refractivity contribution in [1.82, 2.24) is 5.01 Å². The van der Waals surface area contributed by atoms with Crippen molar-refractivity contribution in [3.8, 4) is 0 Å². The van der Waals surface area contributed by atoms with Gasteiger partial charge in [-0.1, -0.05) is 25.1 Å². The van der Waals surface area contributed by atoms with Gasteiger partial charge in [-0.3, -0.25) is 14.6 Å². The normalized spacial score (nSPS) is 19.4. The van der Waals surface area contributed by atoms with Crippen molar-refractivity contribution < 1.29 is 14.7 Å². The van der Waals surface area contributed by atoms with E-state index in [9.17, 15) is 9.59 Å². The zero-order chi connectivity index (χ0) is 13.1. The van der Waals surface area contributed by atoms with Crippen molar-refractivity contribution >= 4 is 17.6 Å². The van der Waals surface area contributed by atoms with Gasteiger partial charge >= 0.3 is 5.97 Å². The Morgan fingerprint density at radius 2 is 2.06 bits per heavy atom. The predicted octanol–water partition coefficient (Wildman–Crippen LogP) is 1.50. The molecule has 18 heavy (non-hydrogen) atoms. The van der Waals surface area contributed by atoms with E-state index in [-0.39, 0.29) is 18.5 Å². The largest absolute Gasteiger partial charge is 0.480 e. The van der Waals surface area contributed by atoms with E-state index in [4.69, 9.17) is 5.11 Å². The van der Waals surface area contributed by atoms with E-state index in [1.165, 1.54) is 5.01 Å². The Balaban J connectivity index is 2.31. The molecule has 1 aliphatic rings. The molecular formula is C13H16N2O3. The first-order chi connectivity index (χ1) is 8.63. The monoisotopic (exact) mass is 248 g/mol. The summed E-state index contributed by atoms with van der Waals surface area (Å²) in [5.41, 5.74) is 0.858. The number of carbonyl (C=O) groups excluding carboxylic acids is 1. The Morgan fingerprint density at radius 3 is 2.61 bits per heavy atom. The number of hydrogen-bond acceptors (Lipinski definition) is 3. The highest BCUT2D eigenvalue weighted by Crippen LogP contribution is 2.28. The van der Waals surface area contributed by atoms with Crippen molar-refractivity contribution in [2.45, 2.75) is 25.8 Å². The van der Waals surface area contributed by atoms with Gasteiger partial charge in [0.25, 0.3) is 0 Å². The maximum absolute atomic E-state index is 11.9. The van der Waals surface area contributed by atoms with E-state index in [0.29, 0.717) is 6.42 Å². The summed E-state index contributed by atoms with van der Waals surface area (Å²) >= 11 is 0. The smallest absolute Gasteiger partial charge is 0.325 e. The average molecular weight is 248 g/mol. The van der Waals surface area contributed by atoms with Crippen LogP contribution in [0.4, 0.5) is 5.69 Å². The number of rotatable bonds is 4. The van der Waals surface area contributed by atoms with Crippen LogP contribution in [0, 0.1) is 0 Å². The Morgan fingerprint density at radius 1 is 1.39 bits per heavy atom. The Hall–Kier alpha value is -2.04. The lowest BCUT2D eigenvalue weighted by atomic mass is 10.1. The zero-order valence-corrected chi connectivity index (χ0v) is 10.2. The molecular weight excluding hydrogens is 232 g/mol. The Kier molecular flexibility index (Phi) is 3.50. The first-order valence-electron chi connectivity index (χ1n) is 5.99. The molecule has 1 aromatic rings. The molecule has 1 N–H and O–H groups in total. The van der Waals surface area contributed by atoms with E-state index >= 15 is 0 Å². The van der Waals surface area contributed by atoms with Gasteiger partial charge in [0.1, 0.15) is 6.54 Å². The molecule has 1 heterocycles. The minimum absolute atomic E-state index is 0.0410. The van der Waals surface area contributed by atoms with Gasteiger partial charge < -0.3 is 5.11 Å². The van der Waals surface area contributed by atoms with Crippen LogP contribution in [0.5, 0.6) is 0 Å². The fourth-order valence-corrected chi connectivity index (χ4v) is 2.25. The third-order valence-electron chi connectivity index (χ3n) is 3.08. The van der Waals surface area contributed by atoms with Gasteiger partial charge in [0.05, 0.1) is 18.2 Å². The second-order valence-corrected chi connectivity index (χ2v) is 4.29. The number of nitrogens with zero attached hydrogens (tertiary/aromatic N) is 2. The molecule has 0 saturated carbocycles. The van der Waals surface area contributed by atoms with E-state index < -0.39 is 5.97 Å². The molecule has 0 bridgehead atoms. The molecule has 5 heteroatoms. The summed E-state index contributed by atoms with van der Waals surface area (Å²) < 4.78 is 0. The maximum Gasteiger partial charge on any atom is 0.325 e. The first-order valence-corrected chi connectivity index (χ1v) is 5.99. The van der Waals surface area contributed by atoms with Crippen LogP contribution < -0.4 is 5.01 Å². The standard InChI is InChI=1S/C13H16N2O3/c1-2-10-8-12(16)14(9-13(17)18)15(10)11-6-4-3-5-7-11/h3-7,10H,2,8-9H2,1H3,(H,17,18). The molecule has 2 rings (SSSR count). The van der Waals surface area contributed by atoms with E-state index in [1.54, 1.807) is 5.01 Å². The fourth-order valence-electron chi connectivity index (χ4n) is 2.25. The number of hydrogen-bond donors (Lipinski definition) is 1. The van der Waals surface area contributed by atoms with Crippen molar-refractivity contribution in [3.63, 3.8) is 0 Å². The molecule has 0 aromatic heterocycles. The molecule has 0 aliphatic carbocycles. The third-order valence-corrected chi connectivity index (χ3v) is 3.08. The van der Waals surface area contributed by atoms with Crippen LogP contribution >= 0.6 is 0 Å². The van der Waals surface area contributed by atoms with E-state index in [2.05, 4.69) is 0 Å². The number of carbonyl (C=O) groups is 2. The molecule has 5 nitrogen and oxygen atoms in total. The minimum Gasteiger partial charge on any atom is -0.480 e. The van der Waals surface area contributed by atoms with Gasteiger partial charge in [-0.25, -0.2) is 5.01 Å². The summed E-state index contributed by atoms with van der Waals surface area (Å²) in [6.45, 7) is 1.71. The average Bonchev–Trinajstić information content (AvgIpc) is 2.67. The topological polar surface area (TPSA) is 60.9 Å². The van der Waals surface area contributed by atoms with Gasteiger partial charge in [0, 0.05) is 0 Å². The molecule has 1 amide bonds. The number of aliphatic carboxylic acids is 1. The highest BCUT2D eigenvalue weighted by atomic mass is 16.4. The lowest BCUT2D eigenvalue weighted by molar-refractivity contribution is -0.143. The summed E-state index contributed by atoms with van der Waals surface area (Å²) in [7, 11) is 0. The number of amides is 1. The first kappa shape index (κ1) is 12.4. The van der Waals surface area contributed by atoms with Gasteiger partial charge in [-0.15, -0.1) is 0 Å². The maximum atomic E-state index is 11.9. The molecule has 0 radical (unpaired) electrons. The highest BCUT2D eigenvalue weighted by molar-refractivity contribution is 5.86. The summed E-state index contributed by atoms with van der Waals surface area (Å²) in [6, 6.07) is 9.46. The molecule has 1 saturated heterocycles. The molecule has 1 fully saturated rings. The number of benzene rings is 1. The van der Waals surface area contributed by atoms with Crippen LogP contribution in [0.2, 0.25) is 0 Å². The predicted molar refractivity (Wildman–Crippen MR) is 67.0 cm³/mol. The Labute approximate surface area is 106 Å². The molecule has 1 aliphatic heterocycles. The molecule has 1 unspecified atom stereocenters. The lowest BCUT2D eigenvalue weighted by Crippen LogP contribution is -2.45. The third kappa shape index (κ3) is 2.30. The molecule has 96 valence electrons. The van der Waals surface area contributed by atoms with Crippen molar-refractivity contribution in [3.05, 3.63) is 30.3 Å². The van der Waals surface area contributed by atoms with Crippen molar-refractivity contribution in [2.24, 2.45) is 0 Å².